The lowest BCUT2D eigenvalue weighted by Crippen LogP contribution is -2.30. The minimum atomic E-state index is -0.900. The van der Waals surface area contributed by atoms with Crippen LogP contribution >= 0.6 is 31.9 Å². The van der Waals surface area contributed by atoms with Crippen LogP contribution in [-0.2, 0) is 9.53 Å². The minimum Gasteiger partial charge on any atom is -0.449 e. The number of esters is 1. The van der Waals surface area contributed by atoms with E-state index in [2.05, 4.69) is 37.2 Å². The maximum atomic E-state index is 12.0. The molecule has 114 valence electrons. The van der Waals surface area contributed by atoms with E-state index in [1.807, 2.05) is 12.1 Å². The van der Waals surface area contributed by atoms with Crippen molar-refractivity contribution in [3.05, 3.63) is 63.0 Å². The van der Waals surface area contributed by atoms with E-state index >= 15 is 0 Å². The van der Waals surface area contributed by atoms with Gasteiger partial charge in [0.05, 0.1) is 5.56 Å². The third kappa shape index (κ3) is 4.42. The van der Waals surface area contributed by atoms with Crippen LogP contribution < -0.4 is 5.32 Å². The van der Waals surface area contributed by atoms with Gasteiger partial charge in [0.1, 0.15) is 0 Å². The van der Waals surface area contributed by atoms with Crippen molar-refractivity contribution in [1.29, 1.82) is 0 Å². The highest BCUT2D eigenvalue weighted by Crippen LogP contribution is 2.18. The predicted octanol–water partition coefficient (Wildman–Crippen LogP) is 4.40. The second-order valence-electron chi connectivity index (χ2n) is 4.52. The van der Waals surface area contributed by atoms with Crippen LogP contribution in [0.5, 0.6) is 0 Å². The zero-order valence-corrected chi connectivity index (χ0v) is 14.8. The lowest BCUT2D eigenvalue weighted by Gasteiger charge is -2.14. The van der Waals surface area contributed by atoms with Gasteiger partial charge < -0.3 is 10.1 Å². The minimum absolute atomic E-state index is 0.380. The maximum absolute atomic E-state index is 12.0. The molecule has 0 bridgehead atoms. The van der Waals surface area contributed by atoms with E-state index in [1.165, 1.54) is 6.92 Å². The van der Waals surface area contributed by atoms with Crippen LogP contribution in [0.4, 0.5) is 5.69 Å². The van der Waals surface area contributed by atoms with Gasteiger partial charge in [-0.3, -0.25) is 4.79 Å². The molecule has 0 aromatic heterocycles. The van der Waals surface area contributed by atoms with Crippen LogP contribution in [0.15, 0.2) is 57.5 Å². The lowest BCUT2D eigenvalue weighted by atomic mass is 10.2. The van der Waals surface area contributed by atoms with Crippen molar-refractivity contribution in [2.24, 2.45) is 0 Å². The van der Waals surface area contributed by atoms with Crippen LogP contribution in [0.2, 0.25) is 0 Å². The number of benzene rings is 2. The molecule has 0 fully saturated rings. The molecule has 4 nitrogen and oxygen atoms in total. The molecule has 1 amide bonds. The lowest BCUT2D eigenvalue weighted by molar-refractivity contribution is -0.123. The molecule has 0 unspecified atom stereocenters. The van der Waals surface area contributed by atoms with E-state index in [4.69, 9.17) is 4.74 Å². The number of hydrogen-bond donors (Lipinski definition) is 1. The van der Waals surface area contributed by atoms with E-state index in [9.17, 15) is 9.59 Å². The largest absolute Gasteiger partial charge is 0.449 e. The second kappa shape index (κ2) is 7.56. The molecule has 0 radical (unpaired) electrons. The predicted molar refractivity (Wildman–Crippen MR) is 91.8 cm³/mol. The summed E-state index contributed by atoms with van der Waals surface area (Å²) in [6.45, 7) is 1.53. The molecular weight excluding hydrogens is 414 g/mol. The molecule has 0 aliphatic carbocycles. The second-order valence-corrected chi connectivity index (χ2v) is 6.29. The van der Waals surface area contributed by atoms with Gasteiger partial charge >= 0.3 is 5.97 Å². The van der Waals surface area contributed by atoms with E-state index in [-0.39, 0.29) is 5.91 Å². The van der Waals surface area contributed by atoms with Crippen LogP contribution in [0.1, 0.15) is 17.3 Å². The van der Waals surface area contributed by atoms with Crippen LogP contribution in [-0.4, -0.2) is 18.0 Å². The summed E-state index contributed by atoms with van der Waals surface area (Å²) in [6.07, 6.45) is -0.900. The van der Waals surface area contributed by atoms with Gasteiger partial charge in [0.2, 0.25) is 0 Å². The molecule has 2 rings (SSSR count). The molecular formula is C16H13Br2NO3. The molecule has 0 heterocycles. The Bertz CT molecular complexity index is 686. The summed E-state index contributed by atoms with van der Waals surface area (Å²) < 4.78 is 6.73. The van der Waals surface area contributed by atoms with Gasteiger partial charge in [0, 0.05) is 14.6 Å². The van der Waals surface area contributed by atoms with Crippen LogP contribution in [0.25, 0.3) is 0 Å². The fourth-order valence-corrected chi connectivity index (χ4v) is 2.39. The zero-order valence-electron chi connectivity index (χ0n) is 11.7. The number of halogens is 2. The first-order valence-corrected chi connectivity index (χ1v) is 8.08. The average molecular weight is 427 g/mol. The molecule has 6 heteroatoms. The van der Waals surface area contributed by atoms with Crippen molar-refractivity contribution in [2.75, 3.05) is 5.32 Å². The third-order valence-electron chi connectivity index (χ3n) is 2.86. The SMILES string of the molecule is C[C@H](OC(=O)c1ccccc1Br)C(=O)Nc1ccc(Br)cc1. The number of nitrogens with one attached hydrogen (secondary N) is 1. The number of carbonyl (C=O) groups excluding carboxylic acids is 2. The first kappa shape index (κ1) is 16.7. The monoisotopic (exact) mass is 425 g/mol. The highest BCUT2D eigenvalue weighted by atomic mass is 79.9. The molecule has 22 heavy (non-hydrogen) atoms. The number of carbonyl (C=O) groups is 2. The summed E-state index contributed by atoms with van der Waals surface area (Å²) in [6, 6.07) is 14.0. The summed E-state index contributed by atoms with van der Waals surface area (Å²) in [5, 5.41) is 2.69. The van der Waals surface area contributed by atoms with Crippen molar-refractivity contribution >= 4 is 49.4 Å². The van der Waals surface area contributed by atoms with Gasteiger partial charge in [-0.2, -0.15) is 0 Å². The Labute approximate surface area is 145 Å². The summed E-state index contributed by atoms with van der Waals surface area (Å²) in [7, 11) is 0. The molecule has 2 aromatic rings. The van der Waals surface area contributed by atoms with Crippen molar-refractivity contribution in [3.63, 3.8) is 0 Å². The Morgan fingerprint density at radius 2 is 1.68 bits per heavy atom. The molecule has 0 aliphatic heterocycles. The maximum Gasteiger partial charge on any atom is 0.340 e. The normalized spacial score (nSPS) is 11.6. The molecule has 0 aliphatic rings. The first-order valence-electron chi connectivity index (χ1n) is 6.49. The highest BCUT2D eigenvalue weighted by Gasteiger charge is 2.20. The Balaban J connectivity index is 1.98. The summed E-state index contributed by atoms with van der Waals surface area (Å²) in [5.74, 6) is -0.936. The van der Waals surface area contributed by atoms with Crippen LogP contribution in [0.3, 0.4) is 0 Å². The van der Waals surface area contributed by atoms with Gasteiger partial charge in [-0.25, -0.2) is 4.79 Å². The number of anilines is 1. The first-order chi connectivity index (χ1) is 10.5. The Morgan fingerprint density at radius 1 is 1.05 bits per heavy atom. The fraction of sp³-hybridized carbons (Fsp3) is 0.125. The van der Waals surface area contributed by atoms with Crippen molar-refractivity contribution < 1.29 is 14.3 Å². The van der Waals surface area contributed by atoms with Gasteiger partial charge in [0.15, 0.2) is 6.10 Å². The Hall–Kier alpha value is -1.66. The standard InChI is InChI=1S/C16H13Br2NO3/c1-10(15(20)19-12-8-6-11(17)7-9-12)22-16(21)13-4-2-3-5-14(13)18/h2-10H,1H3,(H,19,20)/t10-/m0/s1. The number of ether oxygens (including phenoxy) is 1. The number of hydrogen-bond acceptors (Lipinski definition) is 3. The van der Waals surface area contributed by atoms with Gasteiger partial charge in [-0.15, -0.1) is 0 Å². The molecule has 2 aromatic carbocycles. The molecule has 0 saturated heterocycles. The molecule has 0 saturated carbocycles. The van der Waals surface area contributed by atoms with E-state index in [1.54, 1.807) is 36.4 Å². The summed E-state index contributed by atoms with van der Waals surface area (Å²) >= 11 is 6.60. The van der Waals surface area contributed by atoms with Gasteiger partial charge in [-0.1, -0.05) is 28.1 Å². The van der Waals surface area contributed by atoms with E-state index in [0.717, 1.165) is 4.47 Å². The summed E-state index contributed by atoms with van der Waals surface area (Å²) in [4.78, 5) is 24.1. The number of amides is 1. The fourth-order valence-electron chi connectivity index (χ4n) is 1.68. The Kier molecular flexibility index (Phi) is 5.74. The molecule has 0 spiro atoms. The molecule has 1 N–H and O–H groups in total. The van der Waals surface area contributed by atoms with E-state index in [0.29, 0.717) is 15.7 Å². The summed E-state index contributed by atoms with van der Waals surface area (Å²) in [5.41, 5.74) is 1.02. The van der Waals surface area contributed by atoms with Gasteiger partial charge in [-0.05, 0) is 59.3 Å². The topological polar surface area (TPSA) is 55.4 Å². The molecule has 1 atom stereocenters. The van der Waals surface area contributed by atoms with E-state index < -0.39 is 12.1 Å². The number of rotatable bonds is 4. The third-order valence-corrected chi connectivity index (χ3v) is 4.08. The average Bonchev–Trinajstić information content (AvgIpc) is 2.49. The zero-order chi connectivity index (χ0) is 16.1. The quantitative estimate of drug-likeness (QED) is 0.737. The van der Waals surface area contributed by atoms with Crippen molar-refractivity contribution in [2.45, 2.75) is 13.0 Å². The smallest absolute Gasteiger partial charge is 0.340 e. The Morgan fingerprint density at radius 3 is 2.32 bits per heavy atom. The van der Waals surface area contributed by atoms with Gasteiger partial charge in [0.25, 0.3) is 5.91 Å². The highest BCUT2D eigenvalue weighted by molar-refractivity contribution is 9.10. The van der Waals surface area contributed by atoms with Crippen molar-refractivity contribution in [3.8, 4) is 0 Å². The van der Waals surface area contributed by atoms with Crippen LogP contribution in [0, 0.1) is 0 Å². The van der Waals surface area contributed by atoms with Crippen molar-refractivity contribution in [1.82, 2.24) is 0 Å².